The maximum atomic E-state index is 12.9. The molecule has 3 amide bonds. The van der Waals surface area contributed by atoms with E-state index in [1.54, 1.807) is 0 Å². The Balaban J connectivity index is 4.06. The fourth-order valence-electron chi connectivity index (χ4n) is 3.94. The number of Topliss-reactive ketones (excluding diaryl/α,β-unsaturated/α-hetero) is 1. The summed E-state index contributed by atoms with van der Waals surface area (Å²) in [6, 6.07) is -1.27. The number of aliphatic hydroxyl groups excluding tert-OH is 1. The van der Waals surface area contributed by atoms with Crippen molar-refractivity contribution in [3.8, 4) is 0 Å². The third-order valence-corrected chi connectivity index (χ3v) is 7.63. The van der Waals surface area contributed by atoms with Crippen molar-refractivity contribution in [2.45, 2.75) is 103 Å². The largest absolute Gasteiger partial charge is 0.394 e. The van der Waals surface area contributed by atoms with Crippen LogP contribution in [0.25, 0.3) is 0 Å². The maximum absolute atomic E-state index is 12.9. The van der Waals surface area contributed by atoms with Crippen molar-refractivity contribution in [1.82, 2.24) is 15.5 Å². The Morgan fingerprint density at radius 1 is 0.750 bits per heavy atom. The number of hydrogen-bond donors (Lipinski definition) is 3. The van der Waals surface area contributed by atoms with E-state index in [-0.39, 0.29) is 5.78 Å². The number of nitrogens with zero attached hydrogens (tertiary/aromatic N) is 1. The van der Waals surface area contributed by atoms with Crippen LogP contribution >= 0.6 is 23.5 Å². The average molecular weight is 548 g/mol. The number of nitrogens with one attached hydrogen (secondary N) is 2. The Hall–Kier alpha value is -0.930. The zero-order valence-corrected chi connectivity index (χ0v) is 24.8. The molecule has 0 aliphatic heterocycles. The zero-order valence-electron chi connectivity index (χ0n) is 23.2. The highest BCUT2D eigenvalue weighted by Gasteiger charge is 2.15. The van der Waals surface area contributed by atoms with Crippen LogP contribution in [0.5, 0.6) is 0 Å². The van der Waals surface area contributed by atoms with Gasteiger partial charge in [-0.2, -0.15) is 23.5 Å². The molecule has 0 fully saturated rings. The van der Waals surface area contributed by atoms with Gasteiger partial charge in [-0.15, -0.1) is 0 Å². The van der Waals surface area contributed by atoms with Crippen LogP contribution in [0.4, 0.5) is 4.79 Å². The highest BCUT2D eigenvalue weighted by molar-refractivity contribution is 7.98. The molecular weight excluding hydrogens is 494 g/mol. The first-order chi connectivity index (χ1) is 17.5. The summed E-state index contributed by atoms with van der Waals surface area (Å²) in [6.45, 7) is 3.28. The van der Waals surface area contributed by atoms with Gasteiger partial charge in [0.2, 0.25) is 5.91 Å². The Labute approximate surface area is 229 Å². The van der Waals surface area contributed by atoms with Gasteiger partial charge in [0.05, 0.1) is 6.61 Å². The van der Waals surface area contributed by atoms with Crippen molar-refractivity contribution >= 4 is 41.2 Å². The van der Waals surface area contributed by atoms with E-state index < -0.39 is 18.7 Å². The van der Waals surface area contributed by atoms with Crippen molar-refractivity contribution in [3.05, 3.63) is 0 Å². The number of thioether (sulfide) groups is 2. The van der Waals surface area contributed by atoms with Crippen LogP contribution in [-0.2, 0) is 9.59 Å². The van der Waals surface area contributed by atoms with Crippen molar-refractivity contribution < 1.29 is 19.5 Å². The fraction of sp³-hybridized carbons (Fsp3) is 0.889. The molecule has 0 aromatic carbocycles. The summed E-state index contributed by atoms with van der Waals surface area (Å²) in [5.74, 6) is 2.50. The van der Waals surface area contributed by atoms with Gasteiger partial charge in [0, 0.05) is 26.1 Å². The predicted octanol–water partition coefficient (Wildman–Crippen LogP) is 5.25. The van der Waals surface area contributed by atoms with Gasteiger partial charge in [-0.1, -0.05) is 44.9 Å². The van der Waals surface area contributed by atoms with Gasteiger partial charge in [-0.3, -0.25) is 9.59 Å². The highest BCUT2D eigenvalue weighted by atomic mass is 32.2. The van der Waals surface area contributed by atoms with Gasteiger partial charge < -0.3 is 20.6 Å². The van der Waals surface area contributed by atoms with E-state index in [1.807, 2.05) is 23.5 Å². The molecule has 212 valence electrons. The van der Waals surface area contributed by atoms with Gasteiger partial charge in [0.15, 0.2) is 5.78 Å². The number of rotatable bonds is 25. The summed E-state index contributed by atoms with van der Waals surface area (Å²) < 4.78 is 0. The minimum atomic E-state index is -0.845. The van der Waals surface area contributed by atoms with Gasteiger partial charge in [0.25, 0.3) is 0 Å². The van der Waals surface area contributed by atoms with Crippen LogP contribution in [-0.4, -0.2) is 84.0 Å². The van der Waals surface area contributed by atoms with E-state index in [0.717, 1.165) is 58.0 Å². The van der Waals surface area contributed by atoms with Crippen LogP contribution in [0, 0.1) is 0 Å². The molecule has 7 nitrogen and oxygen atoms in total. The second-order valence-electron chi connectivity index (χ2n) is 9.46. The lowest BCUT2D eigenvalue weighted by Crippen LogP contribution is -2.47. The van der Waals surface area contributed by atoms with Gasteiger partial charge >= 0.3 is 6.03 Å². The van der Waals surface area contributed by atoms with Crippen LogP contribution < -0.4 is 10.6 Å². The molecule has 0 aliphatic rings. The number of hydrogen-bond acceptors (Lipinski definition) is 6. The Bertz CT molecular complexity index is 551. The number of urea groups is 1. The summed E-state index contributed by atoms with van der Waals surface area (Å²) in [5.41, 5.74) is 0. The molecule has 0 heterocycles. The average Bonchev–Trinajstić information content (AvgIpc) is 2.86. The first-order valence-corrected chi connectivity index (χ1v) is 16.7. The molecule has 0 aliphatic carbocycles. The molecular formula is C27H53N3O4S2. The monoisotopic (exact) mass is 547 g/mol. The van der Waals surface area contributed by atoms with Gasteiger partial charge in [-0.05, 0) is 69.5 Å². The van der Waals surface area contributed by atoms with E-state index in [9.17, 15) is 14.4 Å². The zero-order chi connectivity index (χ0) is 26.9. The van der Waals surface area contributed by atoms with Crippen molar-refractivity contribution in [3.63, 3.8) is 0 Å². The molecule has 1 atom stereocenters. The van der Waals surface area contributed by atoms with Gasteiger partial charge in [0.1, 0.15) is 6.04 Å². The lowest BCUT2D eigenvalue weighted by molar-refractivity contribution is -0.131. The summed E-state index contributed by atoms with van der Waals surface area (Å²) in [6.07, 6.45) is 19.4. The van der Waals surface area contributed by atoms with Crippen LogP contribution in [0.2, 0.25) is 0 Å². The lowest BCUT2D eigenvalue weighted by atomic mass is 10.1. The molecule has 0 spiro atoms. The normalized spacial score (nSPS) is 11.8. The van der Waals surface area contributed by atoms with E-state index in [2.05, 4.69) is 28.0 Å². The smallest absolute Gasteiger partial charge is 0.315 e. The standard InChI is InChI=1S/C27H53N3O4S2/c1-24(32)25(23-31)29-27(34)28-18-12-6-4-5-11-17-26(33)30(19-13-7-9-15-21-35-2)20-14-8-10-16-22-36-3/h25,31H,4-23H2,1-3H3,(H2,28,29,34)/t25-/m0/s1. The number of amides is 3. The fourth-order valence-corrected chi connectivity index (χ4v) is 4.93. The summed E-state index contributed by atoms with van der Waals surface area (Å²) in [7, 11) is 0. The SMILES string of the molecule is CSCCCCCCN(CCCCCCSC)C(=O)CCCCCCCNC(=O)N[C@@H](CO)C(C)=O. The quantitative estimate of drug-likeness (QED) is 0.135. The van der Waals surface area contributed by atoms with Crippen molar-refractivity contribution in [2.24, 2.45) is 0 Å². The topological polar surface area (TPSA) is 98.7 Å². The molecule has 0 aromatic heterocycles. The first-order valence-electron chi connectivity index (χ1n) is 13.9. The van der Waals surface area contributed by atoms with Crippen molar-refractivity contribution in [1.29, 1.82) is 0 Å². The van der Waals surface area contributed by atoms with Crippen LogP contribution in [0.1, 0.15) is 96.8 Å². The molecule has 0 aromatic rings. The Kier molecular flexibility index (Phi) is 25.0. The number of unbranched alkanes of at least 4 members (excludes halogenated alkanes) is 10. The molecule has 0 radical (unpaired) electrons. The van der Waals surface area contributed by atoms with E-state index in [0.29, 0.717) is 18.9 Å². The molecule has 0 saturated carbocycles. The first kappa shape index (κ1) is 35.1. The van der Waals surface area contributed by atoms with E-state index in [4.69, 9.17) is 5.11 Å². The van der Waals surface area contributed by atoms with Crippen LogP contribution in [0.3, 0.4) is 0 Å². The lowest BCUT2D eigenvalue weighted by Gasteiger charge is -2.23. The number of carbonyl (C=O) groups excluding carboxylic acids is 3. The summed E-state index contributed by atoms with van der Waals surface area (Å²) in [5, 5.41) is 14.3. The molecule has 9 heteroatoms. The molecule has 36 heavy (non-hydrogen) atoms. The number of carbonyl (C=O) groups is 3. The Morgan fingerprint density at radius 3 is 1.78 bits per heavy atom. The molecule has 0 rings (SSSR count). The van der Waals surface area contributed by atoms with Crippen LogP contribution in [0.15, 0.2) is 0 Å². The van der Waals surface area contributed by atoms with E-state index >= 15 is 0 Å². The molecule has 0 bridgehead atoms. The summed E-state index contributed by atoms with van der Waals surface area (Å²) >= 11 is 3.81. The third kappa shape index (κ3) is 21.2. The number of aliphatic hydroxyl groups is 1. The van der Waals surface area contributed by atoms with Crippen molar-refractivity contribution in [2.75, 3.05) is 50.3 Å². The second kappa shape index (κ2) is 25.7. The minimum absolute atomic E-state index is 0.266. The Morgan fingerprint density at radius 2 is 1.25 bits per heavy atom. The highest BCUT2D eigenvalue weighted by Crippen LogP contribution is 2.12. The number of ketones is 1. The molecule has 3 N–H and O–H groups in total. The third-order valence-electron chi connectivity index (χ3n) is 6.24. The molecule has 0 saturated heterocycles. The predicted molar refractivity (Wildman–Crippen MR) is 156 cm³/mol. The molecule has 0 unspecified atom stereocenters. The second-order valence-corrected chi connectivity index (χ2v) is 11.4. The maximum Gasteiger partial charge on any atom is 0.315 e. The van der Waals surface area contributed by atoms with E-state index in [1.165, 1.54) is 57.0 Å². The summed E-state index contributed by atoms with van der Waals surface area (Å²) in [4.78, 5) is 38.0. The minimum Gasteiger partial charge on any atom is -0.394 e. The van der Waals surface area contributed by atoms with Gasteiger partial charge in [-0.25, -0.2) is 4.79 Å².